The van der Waals surface area contributed by atoms with Crippen molar-refractivity contribution in [1.82, 2.24) is 20.5 Å². The number of nitrogens with zero attached hydrogens (tertiary/aromatic N) is 2. The predicted octanol–water partition coefficient (Wildman–Crippen LogP) is 3.57. The van der Waals surface area contributed by atoms with Gasteiger partial charge in [-0.3, -0.25) is 14.6 Å². The predicted molar refractivity (Wildman–Crippen MR) is 138 cm³/mol. The van der Waals surface area contributed by atoms with Crippen LogP contribution in [0.5, 0.6) is 0 Å². The molecule has 1 saturated carbocycles. The van der Waals surface area contributed by atoms with Gasteiger partial charge in [0.2, 0.25) is 0 Å². The van der Waals surface area contributed by atoms with Crippen LogP contribution in [0.4, 0.5) is 0 Å². The first-order valence-electron chi connectivity index (χ1n) is 12.7. The van der Waals surface area contributed by atoms with Crippen molar-refractivity contribution in [3.05, 3.63) is 89.7 Å². The van der Waals surface area contributed by atoms with E-state index in [1.54, 1.807) is 42.7 Å². The van der Waals surface area contributed by atoms with Crippen LogP contribution in [0.2, 0.25) is 0 Å². The number of pyridine rings is 1. The fraction of sp³-hybridized carbons (Fsp3) is 0.345. The number of benzene rings is 2. The average Bonchev–Trinajstić information content (AvgIpc) is 3.78. The zero-order valence-corrected chi connectivity index (χ0v) is 20.3. The monoisotopic (exact) mass is 484 g/mol. The number of aliphatic hydroxyl groups is 1. The van der Waals surface area contributed by atoms with Crippen molar-refractivity contribution in [2.75, 3.05) is 19.7 Å². The number of hydrogen-bond donors (Lipinski definition) is 3. The van der Waals surface area contributed by atoms with Crippen molar-refractivity contribution in [2.45, 2.75) is 43.8 Å². The lowest BCUT2D eigenvalue weighted by Crippen LogP contribution is -2.45. The molecule has 5 rings (SSSR count). The van der Waals surface area contributed by atoms with Crippen molar-refractivity contribution in [1.29, 1.82) is 0 Å². The Balaban J connectivity index is 1.20. The standard InChI is InChI=1S/C29H32N4O3/c34-19-27(32-28(35)22-6-4-20(5-7-22)21-10-14-30-15-11-21)23-2-1-3-24(18-23)29(36)31-25-12-16-33(17-13-25)26-8-9-26/h1-7,10-11,14-15,18,25-27,34H,8-9,12-13,16-17,19H2,(H,31,36)(H,32,35)/t27-/m1/s1. The molecule has 1 aliphatic heterocycles. The highest BCUT2D eigenvalue weighted by Gasteiger charge is 2.32. The molecule has 0 radical (unpaired) electrons. The lowest BCUT2D eigenvalue weighted by Gasteiger charge is -2.32. The van der Waals surface area contributed by atoms with Crippen LogP contribution in [-0.2, 0) is 0 Å². The van der Waals surface area contributed by atoms with E-state index in [9.17, 15) is 14.7 Å². The molecule has 1 aliphatic carbocycles. The van der Waals surface area contributed by atoms with Gasteiger partial charge in [0, 0.05) is 48.7 Å². The van der Waals surface area contributed by atoms with E-state index in [0.717, 1.165) is 43.1 Å². The summed E-state index contributed by atoms with van der Waals surface area (Å²) >= 11 is 0. The minimum atomic E-state index is -0.619. The molecular formula is C29H32N4O3. The Bertz CT molecular complexity index is 1190. The first kappa shape index (κ1) is 24.2. The maximum Gasteiger partial charge on any atom is 0.251 e. The first-order chi connectivity index (χ1) is 17.6. The van der Waals surface area contributed by atoms with Crippen LogP contribution in [-0.4, -0.2) is 58.6 Å². The molecule has 1 aromatic heterocycles. The Hall–Kier alpha value is -3.55. The van der Waals surface area contributed by atoms with E-state index in [0.29, 0.717) is 16.7 Å². The highest BCUT2D eigenvalue weighted by Crippen LogP contribution is 2.29. The van der Waals surface area contributed by atoms with E-state index in [2.05, 4.69) is 20.5 Å². The molecule has 0 bridgehead atoms. The number of nitrogens with one attached hydrogen (secondary N) is 2. The van der Waals surface area contributed by atoms with Gasteiger partial charge in [0.25, 0.3) is 11.8 Å². The largest absolute Gasteiger partial charge is 0.394 e. The lowest BCUT2D eigenvalue weighted by atomic mass is 10.0. The maximum atomic E-state index is 12.9. The van der Waals surface area contributed by atoms with Crippen LogP contribution in [0.25, 0.3) is 11.1 Å². The van der Waals surface area contributed by atoms with Gasteiger partial charge >= 0.3 is 0 Å². The molecule has 1 atom stereocenters. The molecule has 2 aromatic carbocycles. The number of aliphatic hydroxyl groups excluding tert-OH is 1. The van der Waals surface area contributed by atoms with Crippen LogP contribution in [0.15, 0.2) is 73.1 Å². The number of amides is 2. The normalized spacial score (nSPS) is 17.4. The number of aromatic nitrogens is 1. The van der Waals surface area contributed by atoms with Crippen LogP contribution in [0, 0.1) is 0 Å². The fourth-order valence-corrected chi connectivity index (χ4v) is 4.85. The molecule has 0 spiro atoms. The lowest BCUT2D eigenvalue weighted by molar-refractivity contribution is 0.0907. The van der Waals surface area contributed by atoms with Gasteiger partial charge in [-0.05, 0) is 78.8 Å². The summed E-state index contributed by atoms with van der Waals surface area (Å²) in [7, 11) is 0. The Kier molecular flexibility index (Phi) is 7.39. The Morgan fingerprint density at radius 1 is 0.889 bits per heavy atom. The second-order valence-corrected chi connectivity index (χ2v) is 9.66. The Labute approximate surface area is 211 Å². The quantitative estimate of drug-likeness (QED) is 0.455. The number of carbonyl (C=O) groups excluding carboxylic acids is 2. The van der Waals surface area contributed by atoms with E-state index in [-0.39, 0.29) is 24.5 Å². The molecule has 3 aromatic rings. The molecule has 7 nitrogen and oxygen atoms in total. The fourth-order valence-electron chi connectivity index (χ4n) is 4.85. The van der Waals surface area contributed by atoms with Crippen LogP contribution >= 0.6 is 0 Å². The Morgan fingerprint density at radius 2 is 1.58 bits per heavy atom. The number of carbonyl (C=O) groups is 2. The number of rotatable bonds is 8. The minimum absolute atomic E-state index is 0.114. The first-order valence-corrected chi connectivity index (χ1v) is 12.7. The third-order valence-corrected chi connectivity index (χ3v) is 7.13. The summed E-state index contributed by atoms with van der Waals surface area (Å²) < 4.78 is 0. The maximum absolute atomic E-state index is 12.9. The number of hydrogen-bond acceptors (Lipinski definition) is 5. The SMILES string of the molecule is O=C(NC1CCN(C2CC2)CC1)c1cccc([C@@H](CO)NC(=O)c2ccc(-c3ccncc3)cc2)c1. The van der Waals surface area contributed by atoms with Crippen molar-refractivity contribution in [2.24, 2.45) is 0 Å². The van der Waals surface area contributed by atoms with Crippen molar-refractivity contribution >= 4 is 11.8 Å². The van der Waals surface area contributed by atoms with Crippen LogP contribution in [0.3, 0.4) is 0 Å². The number of piperidine rings is 1. The molecule has 1 saturated heterocycles. The summed E-state index contributed by atoms with van der Waals surface area (Å²) in [4.78, 5) is 32.4. The smallest absolute Gasteiger partial charge is 0.251 e. The van der Waals surface area contributed by atoms with E-state index < -0.39 is 6.04 Å². The molecule has 7 heteroatoms. The Morgan fingerprint density at radius 3 is 2.25 bits per heavy atom. The molecule has 36 heavy (non-hydrogen) atoms. The van der Waals surface area contributed by atoms with E-state index in [1.807, 2.05) is 30.3 Å². The summed E-state index contributed by atoms with van der Waals surface area (Å²) in [5.74, 6) is -0.399. The topological polar surface area (TPSA) is 94.6 Å². The second-order valence-electron chi connectivity index (χ2n) is 9.66. The zero-order valence-electron chi connectivity index (χ0n) is 20.3. The number of likely N-dealkylation sites (tertiary alicyclic amines) is 1. The van der Waals surface area contributed by atoms with Gasteiger partial charge in [-0.2, -0.15) is 0 Å². The van der Waals surface area contributed by atoms with Gasteiger partial charge in [-0.1, -0.05) is 24.3 Å². The summed E-state index contributed by atoms with van der Waals surface area (Å²) in [6.07, 6.45) is 8.02. The summed E-state index contributed by atoms with van der Waals surface area (Å²) in [5.41, 5.74) is 3.73. The third-order valence-electron chi connectivity index (χ3n) is 7.13. The van der Waals surface area contributed by atoms with E-state index in [1.165, 1.54) is 12.8 Å². The van der Waals surface area contributed by atoms with Gasteiger partial charge in [0.05, 0.1) is 12.6 Å². The van der Waals surface area contributed by atoms with Crippen LogP contribution < -0.4 is 10.6 Å². The van der Waals surface area contributed by atoms with E-state index >= 15 is 0 Å². The van der Waals surface area contributed by atoms with Gasteiger partial charge in [-0.15, -0.1) is 0 Å². The molecule has 3 N–H and O–H groups in total. The zero-order chi connectivity index (χ0) is 24.9. The highest BCUT2D eigenvalue weighted by molar-refractivity contribution is 5.96. The average molecular weight is 485 g/mol. The molecule has 2 heterocycles. The third kappa shape index (κ3) is 5.80. The molecule has 186 valence electrons. The summed E-state index contributed by atoms with van der Waals surface area (Å²) in [6, 6.07) is 18.6. The van der Waals surface area contributed by atoms with Crippen molar-refractivity contribution in [3.8, 4) is 11.1 Å². The van der Waals surface area contributed by atoms with Gasteiger partial charge < -0.3 is 20.6 Å². The summed E-state index contributed by atoms with van der Waals surface area (Å²) in [6.45, 7) is 1.81. The van der Waals surface area contributed by atoms with Crippen LogP contribution in [0.1, 0.15) is 58.0 Å². The highest BCUT2D eigenvalue weighted by atomic mass is 16.3. The molecular weight excluding hydrogens is 452 g/mol. The van der Waals surface area contributed by atoms with Gasteiger partial charge in [0.15, 0.2) is 0 Å². The van der Waals surface area contributed by atoms with E-state index in [4.69, 9.17) is 0 Å². The van der Waals surface area contributed by atoms with Crippen molar-refractivity contribution in [3.63, 3.8) is 0 Å². The minimum Gasteiger partial charge on any atom is -0.394 e. The molecule has 0 unspecified atom stereocenters. The second kappa shape index (κ2) is 11.0. The molecule has 2 fully saturated rings. The van der Waals surface area contributed by atoms with Gasteiger partial charge in [0.1, 0.15) is 0 Å². The van der Waals surface area contributed by atoms with Gasteiger partial charge in [-0.25, -0.2) is 0 Å². The summed E-state index contributed by atoms with van der Waals surface area (Å²) in [5, 5.41) is 16.1. The molecule has 2 aliphatic rings. The molecule has 2 amide bonds. The van der Waals surface area contributed by atoms with Crippen molar-refractivity contribution < 1.29 is 14.7 Å².